The van der Waals surface area contributed by atoms with Crippen LogP contribution in [0.15, 0.2) is 30.7 Å². The van der Waals surface area contributed by atoms with Crippen LogP contribution in [0.5, 0.6) is 0 Å². The van der Waals surface area contributed by atoms with Crippen molar-refractivity contribution in [3.8, 4) is 11.4 Å². The third kappa shape index (κ3) is 3.07. The summed E-state index contributed by atoms with van der Waals surface area (Å²) >= 11 is 0. The molecule has 5 heterocycles. The summed E-state index contributed by atoms with van der Waals surface area (Å²) < 4.78 is 0. The highest BCUT2D eigenvalue weighted by Gasteiger charge is 2.28. The minimum atomic E-state index is 0.370. The monoisotopic (exact) mass is 413 g/mol. The van der Waals surface area contributed by atoms with Crippen LogP contribution in [0.3, 0.4) is 0 Å². The van der Waals surface area contributed by atoms with Crippen LogP contribution in [-0.2, 0) is 0 Å². The van der Waals surface area contributed by atoms with Gasteiger partial charge in [-0.1, -0.05) is 6.42 Å². The quantitative estimate of drug-likeness (QED) is 0.529. The third-order valence-corrected chi connectivity index (χ3v) is 6.84. The van der Waals surface area contributed by atoms with Crippen molar-refractivity contribution in [1.29, 1.82) is 0 Å². The van der Waals surface area contributed by atoms with Gasteiger partial charge < -0.3 is 15.2 Å². The Balaban J connectivity index is 1.62. The van der Waals surface area contributed by atoms with Crippen molar-refractivity contribution in [3.05, 3.63) is 42.0 Å². The summed E-state index contributed by atoms with van der Waals surface area (Å²) in [6.07, 6.45) is 9.53. The first-order valence-corrected chi connectivity index (χ1v) is 11.3. The lowest BCUT2D eigenvalue weighted by Gasteiger charge is -2.36. The van der Waals surface area contributed by atoms with E-state index in [4.69, 9.17) is 9.97 Å². The first-order chi connectivity index (χ1) is 15.2. The average molecular weight is 414 g/mol. The number of nitrogens with zero attached hydrogens (tertiary/aromatic N) is 5. The second kappa shape index (κ2) is 7.27. The molecule has 1 aliphatic carbocycles. The van der Waals surface area contributed by atoms with Gasteiger partial charge in [0.1, 0.15) is 11.5 Å². The number of aryl methyl sites for hydroxylation is 1. The number of hydrogen-bond donors (Lipinski definition) is 2. The van der Waals surface area contributed by atoms with Gasteiger partial charge in [-0.05, 0) is 50.3 Å². The zero-order chi connectivity index (χ0) is 20.9. The SMILES string of the molecule is Cc1cc2c(-c3nc(N4CCNCC4C)c4c(C5CCC5)cncc4n3)ccnc2[nH]1. The number of aromatic nitrogens is 5. The Hall–Kier alpha value is -3.06. The van der Waals surface area contributed by atoms with Gasteiger partial charge in [0.25, 0.3) is 0 Å². The Morgan fingerprint density at radius 2 is 2.06 bits per heavy atom. The van der Waals surface area contributed by atoms with Crippen LogP contribution in [0.25, 0.3) is 33.3 Å². The fourth-order valence-electron chi connectivity index (χ4n) is 4.95. The van der Waals surface area contributed by atoms with Crippen molar-refractivity contribution >= 4 is 27.8 Å². The zero-order valence-corrected chi connectivity index (χ0v) is 18.0. The van der Waals surface area contributed by atoms with E-state index in [1.54, 1.807) is 0 Å². The van der Waals surface area contributed by atoms with E-state index in [-0.39, 0.29) is 0 Å². The van der Waals surface area contributed by atoms with Crippen LogP contribution in [0.1, 0.15) is 43.4 Å². The molecular weight excluding hydrogens is 386 g/mol. The number of rotatable bonds is 3. The minimum absolute atomic E-state index is 0.370. The first-order valence-electron chi connectivity index (χ1n) is 11.3. The van der Waals surface area contributed by atoms with Crippen molar-refractivity contribution in [3.63, 3.8) is 0 Å². The molecule has 2 fully saturated rings. The van der Waals surface area contributed by atoms with Crippen molar-refractivity contribution in [2.24, 2.45) is 0 Å². The summed E-state index contributed by atoms with van der Waals surface area (Å²) in [7, 11) is 0. The molecule has 1 saturated carbocycles. The molecule has 4 aromatic heterocycles. The van der Waals surface area contributed by atoms with Crippen LogP contribution in [0.2, 0.25) is 0 Å². The molecule has 31 heavy (non-hydrogen) atoms. The van der Waals surface area contributed by atoms with Crippen LogP contribution in [-0.4, -0.2) is 50.6 Å². The summed E-state index contributed by atoms with van der Waals surface area (Å²) in [6, 6.07) is 4.51. The molecule has 4 aromatic rings. The van der Waals surface area contributed by atoms with E-state index < -0.39 is 0 Å². The number of H-pyrrole nitrogens is 1. The molecule has 0 bridgehead atoms. The molecular formula is C24H27N7. The molecule has 0 spiro atoms. The van der Waals surface area contributed by atoms with Gasteiger partial charge in [-0.3, -0.25) is 4.98 Å². The topological polar surface area (TPSA) is 82.6 Å². The molecule has 6 rings (SSSR count). The Morgan fingerprint density at radius 3 is 2.87 bits per heavy atom. The van der Waals surface area contributed by atoms with E-state index in [0.717, 1.165) is 59.1 Å². The molecule has 2 aliphatic rings. The van der Waals surface area contributed by atoms with Crippen LogP contribution < -0.4 is 10.2 Å². The number of pyridine rings is 2. The fourth-order valence-corrected chi connectivity index (χ4v) is 4.95. The summed E-state index contributed by atoms with van der Waals surface area (Å²) in [5, 5.41) is 5.75. The number of hydrogen-bond acceptors (Lipinski definition) is 6. The van der Waals surface area contributed by atoms with Gasteiger partial charge in [-0.25, -0.2) is 15.0 Å². The summed E-state index contributed by atoms with van der Waals surface area (Å²) in [5.41, 5.74) is 5.22. The number of anilines is 1. The molecule has 1 unspecified atom stereocenters. The van der Waals surface area contributed by atoms with Crippen molar-refractivity contribution in [2.75, 3.05) is 24.5 Å². The summed E-state index contributed by atoms with van der Waals surface area (Å²) in [4.78, 5) is 25.1. The van der Waals surface area contributed by atoms with Gasteiger partial charge in [0, 0.05) is 60.1 Å². The summed E-state index contributed by atoms with van der Waals surface area (Å²) in [6.45, 7) is 7.18. The lowest BCUT2D eigenvalue weighted by molar-refractivity contribution is 0.421. The molecule has 7 heteroatoms. The van der Waals surface area contributed by atoms with E-state index >= 15 is 0 Å². The Labute approximate surface area is 181 Å². The highest BCUT2D eigenvalue weighted by molar-refractivity contribution is 5.97. The van der Waals surface area contributed by atoms with Crippen LogP contribution in [0, 0.1) is 6.92 Å². The van der Waals surface area contributed by atoms with Crippen molar-refractivity contribution in [2.45, 2.75) is 45.1 Å². The number of nitrogens with one attached hydrogen (secondary N) is 2. The largest absolute Gasteiger partial charge is 0.351 e. The Bertz CT molecular complexity index is 1270. The maximum atomic E-state index is 5.22. The lowest BCUT2D eigenvalue weighted by Crippen LogP contribution is -2.50. The predicted molar refractivity (Wildman–Crippen MR) is 123 cm³/mol. The lowest BCUT2D eigenvalue weighted by atomic mass is 9.79. The number of aromatic amines is 1. The second-order valence-corrected chi connectivity index (χ2v) is 8.94. The molecule has 0 aromatic carbocycles. The third-order valence-electron chi connectivity index (χ3n) is 6.84. The highest BCUT2D eigenvalue weighted by Crippen LogP contribution is 2.42. The van der Waals surface area contributed by atoms with Gasteiger partial charge >= 0.3 is 0 Å². The Kier molecular flexibility index (Phi) is 4.38. The minimum Gasteiger partial charge on any atom is -0.351 e. The molecule has 7 nitrogen and oxygen atoms in total. The average Bonchev–Trinajstić information content (AvgIpc) is 3.12. The predicted octanol–water partition coefficient (Wildman–Crippen LogP) is 3.94. The van der Waals surface area contributed by atoms with E-state index in [1.165, 1.54) is 30.2 Å². The van der Waals surface area contributed by atoms with Gasteiger partial charge in [0.2, 0.25) is 0 Å². The smallest absolute Gasteiger partial charge is 0.163 e. The van der Waals surface area contributed by atoms with E-state index in [2.05, 4.69) is 45.1 Å². The molecule has 0 radical (unpaired) electrons. The highest BCUT2D eigenvalue weighted by atomic mass is 15.3. The first kappa shape index (κ1) is 18.7. The maximum absolute atomic E-state index is 5.22. The molecule has 1 aliphatic heterocycles. The molecule has 158 valence electrons. The van der Waals surface area contributed by atoms with Gasteiger partial charge in [-0.15, -0.1) is 0 Å². The number of piperazine rings is 1. The Morgan fingerprint density at radius 1 is 1.16 bits per heavy atom. The standard InChI is InChI=1S/C24H27N7/c1-14-10-18-17(6-7-27-22(18)28-14)23-29-20-13-26-12-19(16-4-3-5-16)21(20)24(30-23)31-9-8-25-11-15(31)2/h6-7,10,12-13,15-16,25H,3-5,8-9,11H2,1-2H3,(H,27,28). The zero-order valence-electron chi connectivity index (χ0n) is 18.0. The van der Waals surface area contributed by atoms with E-state index in [9.17, 15) is 0 Å². The van der Waals surface area contributed by atoms with Crippen LogP contribution in [0.4, 0.5) is 5.82 Å². The van der Waals surface area contributed by atoms with Gasteiger partial charge in [0.05, 0.1) is 11.7 Å². The van der Waals surface area contributed by atoms with E-state index in [1.807, 2.05) is 24.7 Å². The van der Waals surface area contributed by atoms with Gasteiger partial charge in [0.15, 0.2) is 5.82 Å². The molecule has 1 saturated heterocycles. The molecule has 0 amide bonds. The summed E-state index contributed by atoms with van der Waals surface area (Å²) in [5.74, 6) is 2.37. The second-order valence-electron chi connectivity index (χ2n) is 8.94. The molecule has 1 atom stereocenters. The van der Waals surface area contributed by atoms with Crippen molar-refractivity contribution < 1.29 is 0 Å². The fraction of sp³-hybridized carbons (Fsp3) is 0.417. The van der Waals surface area contributed by atoms with E-state index in [0.29, 0.717) is 12.0 Å². The van der Waals surface area contributed by atoms with Gasteiger partial charge in [-0.2, -0.15) is 0 Å². The normalized spacial score (nSPS) is 19.8. The maximum Gasteiger partial charge on any atom is 0.163 e. The molecule has 2 N–H and O–H groups in total. The van der Waals surface area contributed by atoms with Crippen molar-refractivity contribution in [1.82, 2.24) is 30.2 Å². The van der Waals surface area contributed by atoms with Crippen LogP contribution >= 0.6 is 0 Å². The number of fused-ring (bicyclic) bond motifs is 2.